The Bertz CT molecular complexity index is 2770. The maximum atomic E-state index is 2.71. The Balaban J connectivity index is 1.33. The third-order valence-corrected chi connectivity index (χ3v) is 12.6. The van der Waals surface area contributed by atoms with Crippen LogP contribution in [-0.4, -0.2) is 11.3 Å². The zero-order chi connectivity index (χ0) is 30.8. The van der Waals surface area contributed by atoms with Crippen LogP contribution in [0.15, 0.2) is 137 Å². The molecule has 0 saturated heterocycles. The van der Waals surface area contributed by atoms with E-state index in [-0.39, 0.29) is 12.3 Å². The number of nitrogens with zero attached hydrogens (tertiary/aromatic N) is 2. The summed E-state index contributed by atoms with van der Waals surface area (Å²) in [5, 5.41) is 5.25. The number of hydrogen-bond donors (Lipinski definition) is 0. The molecule has 218 valence electrons. The largest absolute Gasteiger partial charge is 0.375 e. The number of hydrogen-bond acceptors (Lipinski definition) is 2. The van der Waals surface area contributed by atoms with E-state index in [0.717, 1.165) is 0 Å². The molecule has 4 heteroatoms. The summed E-state index contributed by atoms with van der Waals surface area (Å²) in [6.07, 6.45) is 0. The van der Waals surface area contributed by atoms with Crippen molar-refractivity contribution >= 4 is 79.2 Å². The van der Waals surface area contributed by atoms with Gasteiger partial charge >= 0.3 is 6.85 Å². The molecule has 0 bridgehead atoms. The molecule has 0 amide bonds. The third-order valence-electron chi connectivity index (χ3n) is 11.5. The fourth-order valence-corrected chi connectivity index (χ4v) is 10.8. The Morgan fingerprint density at radius 3 is 2.28 bits per heavy atom. The summed E-state index contributed by atoms with van der Waals surface area (Å²) >= 11 is 1.91. The molecule has 0 radical (unpaired) electrons. The second-order valence-electron chi connectivity index (χ2n) is 14.1. The van der Waals surface area contributed by atoms with E-state index in [1.165, 1.54) is 104 Å². The minimum absolute atomic E-state index is 0.0536. The molecule has 3 aliphatic heterocycles. The normalized spacial score (nSPS) is 15.4. The topological polar surface area (TPSA) is 8.17 Å². The Morgan fingerprint density at radius 2 is 1.36 bits per heavy atom. The van der Waals surface area contributed by atoms with Gasteiger partial charge in [0.1, 0.15) is 0 Å². The highest BCUT2D eigenvalue weighted by atomic mass is 32.2. The van der Waals surface area contributed by atoms with Crippen LogP contribution < -0.4 is 15.8 Å². The molecule has 2 nitrogen and oxygen atoms in total. The summed E-state index contributed by atoms with van der Waals surface area (Å²) in [6.45, 7) is 4.93. The number of anilines is 3. The predicted molar refractivity (Wildman–Crippen MR) is 199 cm³/mol. The van der Waals surface area contributed by atoms with Crippen LogP contribution in [0.5, 0.6) is 0 Å². The molecule has 4 aliphatic rings. The molecule has 47 heavy (non-hydrogen) atoms. The smallest absolute Gasteiger partial charge is 0.333 e. The van der Waals surface area contributed by atoms with Crippen LogP contribution in [-0.2, 0) is 5.41 Å². The van der Waals surface area contributed by atoms with Gasteiger partial charge in [0.2, 0.25) is 0 Å². The fourth-order valence-electron chi connectivity index (χ4n) is 9.66. The summed E-state index contributed by atoms with van der Waals surface area (Å²) in [7, 11) is 0. The van der Waals surface area contributed by atoms with Crippen LogP contribution in [0.25, 0.3) is 54.8 Å². The molecular formula is C43H27BN2S. The molecular weight excluding hydrogens is 587 g/mol. The molecule has 0 N–H and O–H groups in total. The van der Waals surface area contributed by atoms with Crippen molar-refractivity contribution in [2.45, 2.75) is 29.1 Å². The maximum Gasteiger partial charge on any atom is 0.333 e. The monoisotopic (exact) mass is 614 g/mol. The first kappa shape index (κ1) is 25.0. The first-order valence-electron chi connectivity index (χ1n) is 16.6. The number of benzene rings is 7. The number of aromatic nitrogens is 1. The van der Waals surface area contributed by atoms with Gasteiger partial charge in [0.15, 0.2) is 0 Å². The van der Waals surface area contributed by atoms with Crippen molar-refractivity contribution in [1.82, 2.24) is 4.48 Å². The highest BCUT2D eigenvalue weighted by Gasteiger charge is 2.49. The van der Waals surface area contributed by atoms with Gasteiger partial charge in [-0.15, -0.1) is 0 Å². The minimum Gasteiger partial charge on any atom is -0.375 e. The Morgan fingerprint density at radius 1 is 0.617 bits per heavy atom. The maximum absolute atomic E-state index is 2.71. The molecule has 8 aromatic rings. The first-order chi connectivity index (χ1) is 23.1. The molecule has 1 aromatic heterocycles. The van der Waals surface area contributed by atoms with E-state index in [4.69, 9.17) is 0 Å². The van der Waals surface area contributed by atoms with Crippen LogP contribution in [0.2, 0.25) is 0 Å². The van der Waals surface area contributed by atoms with Crippen molar-refractivity contribution in [1.29, 1.82) is 0 Å². The van der Waals surface area contributed by atoms with E-state index in [0.29, 0.717) is 0 Å². The zero-order valence-electron chi connectivity index (χ0n) is 26.0. The fraction of sp³-hybridized carbons (Fsp3) is 0.0698. The average molecular weight is 615 g/mol. The lowest BCUT2D eigenvalue weighted by Gasteiger charge is -2.44. The van der Waals surface area contributed by atoms with Crippen molar-refractivity contribution in [2.75, 3.05) is 4.90 Å². The van der Waals surface area contributed by atoms with Gasteiger partial charge in [0.25, 0.3) is 0 Å². The number of para-hydroxylation sites is 3. The van der Waals surface area contributed by atoms with Crippen LogP contribution in [0.1, 0.15) is 25.0 Å². The van der Waals surface area contributed by atoms with Gasteiger partial charge in [-0.3, -0.25) is 0 Å². The van der Waals surface area contributed by atoms with Gasteiger partial charge in [-0.1, -0.05) is 117 Å². The van der Waals surface area contributed by atoms with E-state index in [9.17, 15) is 0 Å². The van der Waals surface area contributed by atoms with Crippen molar-refractivity contribution in [3.05, 3.63) is 139 Å². The molecule has 0 unspecified atom stereocenters. The van der Waals surface area contributed by atoms with Gasteiger partial charge in [-0.25, -0.2) is 0 Å². The summed E-state index contributed by atoms with van der Waals surface area (Å²) in [5.41, 5.74) is 17.7. The first-order valence-corrected chi connectivity index (χ1v) is 17.4. The predicted octanol–water partition coefficient (Wildman–Crippen LogP) is 10.1. The second-order valence-corrected chi connectivity index (χ2v) is 15.2. The summed E-state index contributed by atoms with van der Waals surface area (Å²) < 4.78 is 2.71. The molecule has 4 heterocycles. The summed E-state index contributed by atoms with van der Waals surface area (Å²) in [6, 6.07) is 48.4. The van der Waals surface area contributed by atoms with Gasteiger partial charge < -0.3 is 9.38 Å². The summed E-state index contributed by atoms with van der Waals surface area (Å²) in [5.74, 6) is 0. The van der Waals surface area contributed by atoms with Crippen molar-refractivity contribution in [3.8, 4) is 22.3 Å². The van der Waals surface area contributed by atoms with Gasteiger partial charge in [-0.2, -0.15) is 0 Å². The van der Waals surface area contributed by atoms with Gasteiger partial charge in [-0.05, 0) is 85.9 Å². The van der Waals surface area contributed by atoms with Crippen molar-refractivity contribution in [2.24, 2.45) is 0 Å². The molecule has 0 atom stereocenters. The van der Waals surface area contributed by atoms with E-state index in [2.05, 4.69) is 151 Å². The number of fused-ring (bicyclic) bond motifs is 14. The standard InChI is InChI=1S/C43H27BN2S/c1-43(2)31-16-6-5-13-26(31)30-23-35-40-38(39(30)43)28-15-9-14-27-29-21-24-11-3-4-12-25(24)22-34(29)46(41(27)28)44(40)32-17-10-20-37-42(32)45(35)33-18-7-8-19-36(33)47-37/h3-23H,1-2H3. The average Bonchev–Trinajstić information content (AvgIpc) is 3.54. The SMILES string of the molecule is CC1(C)c2ccccc2-c2cc3c4c(c21)-c1cccc2c5cc6ccccc6cc5n(c12)B4c1cccc2c1N3c1ccccc1S2. The van der Waals surface area contributed by atoms with Crippen molar-refractivity contribution in [3.63, 3.8) is 0 Å². The lowest BCUT2D eigenvalue weighted by molar-refractivity contribution is 0.662. The zero-order valence-corrected chi connectivity index (χ0v) is 26.8. The highest BCUT2D eigenvalue weighted by Crippen LogP contribution is 2.59. The quantitative estimate of drug-likeness (QED) is 0.157. The van der Waals surface area contributed by atoms with Crippen LogP contribution >= 0.6 is 11.8 Å². The third kappa shape index (κ3) is 2.81. The minimum atomic E-state index is -0.135. The lowest BCUT2D eigenvalue weighted by Crippen LogP contribution is -2.57. The van der Waals surface area contributed by atoms with E-state index < -0.39 is 0 Å². The van der Waals surface area contributed by atoms with E-state index in [1.807, 2.05) is 11.8 Å². The number of rotatable bonds is 0. The molecule has 1 aliphatic carbocycles. The summed E-state index contributed by atoms with van der Waals surface area (Å²) in [4.78, 5) is 5.24. The van der Waals surface area contributed by atoms with E-state index in [1.54, 1.807) is 0 Å². The van der Waals surface area contributed by atoms with Crippen LogP contribution in [0.4, 0.5) is 17.1 Å². The van der Waals surface area contributed by atoms with E-state index >= 15 is 0 Å². The lowest BCUT2D eigenvalue weighted by atomic mass is 9.44. The van der Waals surface area contributed by atoms with Gasteiger partial charge in [0, 0.05) is 48.3 Å². The Labute approximate surface area is 277 Å². The molecule has 7 aromatic carbocycles. The molecule has 0 spiro atoms. The molecule has 0 fully saturated rings. The molecule has 0 saturated carbocycles. The second kappa shape index (κ2) is 8.20. The Hall–Kier alpha value is -5.19. The van der Waals surface area contributed by atoms with Crippen molar-refractivity contribution < 1.29 is 0 Å². The molecule has 12 rings (SSSR count). The highest BCUT2D eigenvalue weighted by molar-refractivity contribution is 7.99. The van der Waals surface area contributed by atoms with Crippen LogP contribution in [0, 0.1) is 0 Å². The van der Waals surface area contributed by atoms with Gasteiger partial charge in [0.05, 0.1) is 11.4 Å². The Kier molecular flexibility index (Phi) is 4.36. The van der Waals surface area contributed by atoms with Crippen LogP contribution in [0.3, 0.4) is 0 Å².